The van der Waals surface area contributed by atoms with Gasteiger partial charge in [0.05, 0.1) is 12.1 Å². The average Bonchev–Trinajstić information content (AvgIpc) is 3.07. The van der Waals surface area contributed by atoms with Crippen LogP contribution in [0.1, 0.15) is 22.4 Å². The number of thiophene rings is 1. The largest absolute Gasteiger partial charge is 0.376 e. The van der Waals surface area contributed by atoms with Gasteiger partial charge in [-0.15, -0.1) is 11.3 Å². The number of hydrogen-bond donors (Lipinski definition) is 2. The third kappa shape index (κ3) is 3.16. The van der Waals surface area contributed by atoms with E-state index in [1.807, 2.05) is 24.3 Å². The molecule has 0 radical (unpaired) electrons. The Hall–Kier alpha value is -1.84. The molecule has 4 nitrogen and oxygen atoms in total. The first-order valence-corrected chi connectivity index (χ1v) is 8.62. The SMILES string of the molecule is N#Cc1c(NC(=O)CNc2ccc(Br)cc2)sc2c1CCC2. The Morgan fingerprint density at radius 3 is 2.82 bits per heavy atom. The molecule has 112 valence electrons. The number of hydrogen-bond acceptors (Lipinski definition) is 4. The first-order chi connectivity index (χ1) is 10.7. The number of rotatable bonds is 4. The quantitative estimate of drug-likeness (QED) is 0.850. The monoisotopic (exact) mass is 375 g/mol. The summed E-state index contributed by atoms with van der Waals surface area (Å²) in [5.41, 5.74) is 2.66. The van der Waals surface area contributed by atoms with Crippen molar-refractivity contribution >= 4 is 43.9 Å². The summed E-state index contributed by atoms with van der Waals surface area (Å²) in [6.45, 7) is 0.176. The highest BCUT2D eigenvalue weighted by molar-refractivity contribution is 9.10. The van der Waals surface area contributed by atoms with Gasteiger partial charge < -0.3 is 10.6 Å². The molecule has 1 amide bonds. The van der Waals surface area contributed by atoms with E-state index >= 15 is 0 Å². The van der Waals surface area contributed by atoms with E-state index < -0.39 is 0 Å². The highest BCUT2D eigenvalue weighted by Crippen LogP contribution is 2.38. The molecular formula is C16H14BrN3OS. The van der Waals surface area contributed by atoms with Crippen molar-refractivity contribution in [1.82, 2.24) is 0 Å². The first-order valence-electron chi connectivity index (χ1n) is 7.01. The normalized spacial score (nSPS) is 12.5. The van der Waals surface area contributed by atoms with Crippen LogP contribution in [0.5, 0.6) is 0 Å². The van der Waals surface area contributed by atoms with Crippen LogP contribution >= 0.6 is 27.3 Å². The molecule has 0 unspecified atom stereocenters. The number of fused-ring (bicyclic) bond motifs is 1. The molecule has 0 saturated heterocycles. The molecular weight excluding hydrogens is 362 g/mol. The summed E-state index contributed by atoms with van der Waals surface area (Å²) < 4.78 is 0.995. The number of nitriles is 1. The Bertz CT molecular complexity index is 746. The number of carbonyl (C=O) groups is 1. The van der Waals surface area contributed by atoms with E-state index in [9.17, 15) is 10.1 Å². The topological polar surface area (TPSA) is 64.9 Å². The molecule has 22 heavy (non-hydrogen) atoms. The van der Waals surface area contributed by atoms with E-state index in [0.29, 0.717) is 10.6 Å². The zero-order valence-corrected chi connectivity index (χ0v) is 14.2. The third-order valence-electron chi connectivity index (χ3n) is 3.58. The zero-order valence-electron chi connectivity index (χ0n) is 11.8. The highest BCUT2D eigenvalue weighted by atomic mass is 79.9. The Kier molecular flexibility index (Phi) is 4.46. The van der Waals surface area contributed by atoms with Crippen molar-refractivity contribution < 1.29 is 4.79 Å². The maximum Gasteiger partial charge on any atom is 0.244 e. The highest BCUT2D eigenvalue weighted by Gasteiger charge is 2.22. The molecule has 1 aromatic carbocycles. The second kappa shape index (κ2) is 6.51. The lowest BCUT2D eigenvalue weighted by molar-refractivity contribution is -0.114. The van der Waals surface area contributed by atoms with E-state index in [2.05, 4.69) is 32.6 Å². The lowest BCUT2D eigenvalue weighted by Gasteiger charge is -2.07. The van der Waals surface area contributed by atoms with Crippen LogP contribution in [0.3, 0.4) is 0 Å². The zero-order chi connectivity index (χ0) is 15.5. The van der Waals surface area contributed by atoms with Gasteiger partial charge in [0.1, 0.15) is 11.1 Å². The van der Waals surface area contributed by atoms with Crippen molar-refractivity contribution in [2.45, 2.75) is 19.3 Å². The number of anilines is 2. The minimum atomic E-state index is -0.139. The lowest BCUT2D eigenvalue weighted by Crippen LogP contribution is -2.21. The summed E-state index contributed by atoms with van der Waals surface area (Å²) in [5, 5.41) is 15.9. The van der Waals surface area contributed by atoms with E-state index in [4.69, 9.17) is 0 Å². The van der Waals surface area contributed by atoms with Crippen LogP contribution in [0.4, 0.5) is 10.7 Å². The molecule has 6 heteroatoms. The van der Waals surface area contributed by atoms with Gasteiger partial charge in [-0.2, -0.15) is 5.26 Å². The van der Waals surface area contributed by atoms with Gasteiger partial charge in [0.15, 0.2) is 0 Å². The molecule has 0 atom stereocenters. The number of halogens is 1. The fourth-order valence-corrected chi connectivity index (χ4v) is 4.05. The van der Waals surface area contributed by atoms with Crippen LogP contribution in [0.15, 0.2) is 28.7 Å². The number of nitrogens with one attached hydrogen (secondary N) is 2. The summed E-state index contributed by atoms with van der Waals surface area (Å²) >= 11 is 4.91. The minimum Gasteiger partial charge on any atom is -0.376 e. The van der Waals surface area contributed by atoms with E-state index in [1.54, 1.807) is 0 Å². The Balaban J connectivity index is 1.63. The summed E-state index contributed by atoms with van der Waals surface area (Å²) in [5.74, 6) is -0.139. The van der Waals surface area contributed by atoms with Crippen molar-refractivity contribution in [3.05, 3.63) is 44.7 Å². The standard InChI is InChI=1S/C16H14BrN3OS/c17-10-4-6-11(7-5-10)19-9-15(21)20-16-13(8-18)12-2-1-3-14(12)22-16/h4-7,19H,1-3,9H2,(H,20,21). The van der Waals surface area contributed by atoms with Gasteiger partial charge in [-0.25, -0.2) is 0 Å². The fourth-order valence-electron chi connectivity index (χ4n) is 2.53. The number of benzene rings is 1. The summed E-state index contributed by atoms with van der Waals surface area (Å²) in [6, 6.07) is 9.86. The van der Waals surface area contributed by atoms with Gasteiger partial charge in [-0.3, -0.25) is 4.79 Å². The summed E-state index contributed by atoms with van der Waals surface area (Å²) in [4.78, 5) is 13.3. The Morgan fingerprint density at radius 1 is 1.32 bits per heavy atom. The van der Waals surface area contributed by atoms with E-state index in [0.717, 1.165) is 35.0 Å². The fraction of sp³-hybridized carbons (Fsp3) is 0.250. The van der Waals surface area contributed by atoms with Crippen LogP contribution in [-0.4, -0.2) is 12.5 Å². The van der Waals surface area contributed by atoms with Crippen molar-refractivity contribution in [1.29, 1.82) is 5.26 Å². The van der Waals surface area contributed by atoms with Crippen molar-refractivity contribution in [2.75, 3.05) is 17.2 Å². The van der Waals surface area contributed by atoms with Gasteiger partial charge in [-0.1, -0.05) is 15.9 Å². The molecule has 1 aromatic heterocycles. The predicted octanol–water partition coefficient (Wildman–Crippen LogP) is 3.92. The number of nitrogens with zero attached hydrogens (tertiary/aromatic N) is 1. The van der Waals surface area contributed by atoms with Crippen LogP contribution in [0.25, 0.3) is 0 Å². The molecule has 0 bridgehead atoms. The van der Waals surface area contributed by atoms with Gasteiger partial charge >= 0.3 is 0 Å². The number of aryl methyl sites for hydroxylation is 1. The molecule has 0 fully saturated rings. The Morgan fingerprint density at radius 2 is 2.09 bits per heavy atom. The van der Waals surface area contributed by atoms with Crippen molar-refractivity contribution in [3.8, 4) is 6.07 Å². The molecule has 1 aliphatic rings. The van der Waals surface area contributed by atoms with Crippen molar-refractivity contribution in [3.63, 3.8) is 0 Å². The summed E-state index contributed by atoms with van der Waals surface area (Å²) in [7, 11) is 0. The molecule has 1 aliphatic carbocycles. The molecule has 1 heterocycles. The van der Waals surface area contributed by atoms with E-state index in [1.165, 1.54) is 16.2 Å². The molecule has 0 aliphatic heterocycles. The Labute approximate surface area is 141 Å². The lowest BCUT2D eigenvalue weighted by atomic mass is 10.1. The van der Waals surface area contributed by atoms with Crippen molar-refractivity contribution in [2.24, 2.45) is 0 Å². The second-order valence-corrected chi connectivity index (χ2v) is 7.10. The number of amides is 1. The van der Waals surface area contributed by atoms with Crippen LogP contribution < -0.4 is 10.6 Å². The smallest absolute Gasteiger partial charge is 0.244 e. The summed E-state index contributed by atoms with van der Waals surface area (Å²) in [6.07, 6.45) is 3.07. The third-order valence-corrected chi connectivity index (χ3v) is 5.32. The molecule has 2 aromatic rings. The minimum absolute atomic E-state index is 0.139. The van der Waals surface area contributed by atoms with Gasteiger partial charge in [-0.05, 0) is 49.1 Å². The molecule has 2 N–H and O–H groups in total. The molecule has 0 saturated carbocycles. The van der Waals surface area contributed by atoms with Crippen LogP contribution in [0.2, 0.25) is 0 Å². The number of carbonyl (C=O) groups excluding carboxylic acids is 1. The molecule has 3 rings (SSSR count). The molecule has 0 spiro atoms. The maximum absolute atomic E-state index is 12.1. The predicted molar refractivity (Wildman–Crippen MR) is 92.3 cm³/mol. The average molecular weight is 376 g/mol. The van der Waals surface area contributed by atoms with E-state index in [-0.39, 0.29) is 12.5 Å². The van der Waals surface area contributed by atoms with Crippen LogP contribution in [-0.2, 0) is 17.6 Å². The van der Waals surface area contributed by atoms with Gasteiger partial charge in [0.2, 0.25) is 5.91 Å². The van der Waals surface area contributed by atoms with Gasteiger partial charge in [0.25, 0.3) is 0 Å². The maximum atomic E-state index is 12.1. The first kappa shape index (κ1) is 15.1. The second-order valence-electron chi connectivity index (χ2n) is 5.08. The van der Waals surface area contributed by atoms with Gasteiger partial charge in [0, 0.05) is 15.0 Å². The van der Waals surface area contributed by atoms with Crippen LogP contribution in [0, 0.1) is 11.3 Å².